The van der Waals surface area contributed by atoms with Crippen LogP contribution in [0, 0.1) is 11.7 Å². The fourth-order valence-corrected chi connectivity index (χ4v) is 5.08. The van der Waals surface area contributed by atoms with Crippen molar-refractivity contribution in [3.63, 3.8) is 0 Å². The molecule has 4 rings (SSSR count). The normalized spacial score (nSPS) is 18.1. The van der Waals surface area contributed by atoms with E-state index in [1.165, 1.54) is 31.2 Å². The molecule has 1 fully saturated rings. The minimum Gasteiger partial charge on any atom is -0.497 e. The lowest BCUT2D eigenvalue weighted by atomic mass is 9.88. The van der Waals surface area contributed by atoms with Crippen LogP contribution in [0.25, 0.3) is 0 Å². The summed E-state index contributed by atoms with van der Waals surface area (Å²) in [7, 11) is 1.59. The highest BCUT2D eigenvalue weighted by atomic mass is 19.4. The topological polar surface area (TPSA) is 32.8 Å². The number of hydrogen-bond acceptors (Lipinski definition) is 3. The van der Waals surface area contributed by atoms with E-state index >= 15 is 0 Å². The Bertz CT molecular complexity index is 1200. The van der Waals surface area contributed by atoms with E-state index < -0.39 is 11.7 Å². The summed E-state index contributed by atoms with van der Waals surface area (Å²) < 4.78 is 59.5. The van der Waals surface area contributed by atoms with E-state index in [0.717, 1.165) is 22.9 Å². The standard InChI is InChI=1S/C29H30F4N2O2/c1-20(36)35(15-21-7-11-25(30)12-8-21)18-24-17-34(16-23-5-3-4-6-28(23)29(31,32)33)19-27(24)22-9-13-26(37-2)14-10-22/h3-14,24,27H,15-19H2,1-2H3/t24-,27-/m0/s1. The van der Waals surface area contributed by atoms with E-state index in [1.54, 1.807) is 30.2 Å². The van der Waals surface area contributed by atoms with Crippen molar-refractivity contribution in [2.24, 2.45) is 5.92 Å². The highest BCUT2D eigenvalue weighted by Gasteiger charge is 2.38. The van der Waals surface area contributed by atoms with Crippen LogP contribution >= 0.6 is 0 Å². The number of methoxy groups -OCH3 is 1. The van der Waals surface area contributed by atoms with Crippen molar-refractivity contribution in [2.45, 2.75) is 32.1 Å². The van der Waals surface area contributed by atoms with Crippen molar-refractivity contribution in [2.75, 3.05) is 26.7 Å². The summed E-state index contributed by atoms with van der Waals surface area (Å²) in [4.78, 5) is 16.3. The van der Waals surface area contributed by atoms with Gasteiger partial charge in [0.25, 0.3) is 0 Å². The molecular formula is C29H30F4N2O2. The van der Waals surface area contributed by atoms with E-state index in [0.29, 0.717) is 26.2 Å². The molecular weight excluding hydrogens is 484 g/mol. The van der Waals surface area contributed by atoms with Crippen LogP contribution in [0.1, 0.15) is 35.1 Å². The summed E-state index contributed by atoms with van der Waals surface area (Å²) in [5.41, 5.74) is 1.47. The van der Waals surface area contributed by atoms with E-state index in [4.69, 9.17) is 4.74 Å². The van der Waals surface area contributed by atoms with E-state index in [2.05, 4.69) is 0 Å². The molecule has 0 radical (unpaired) electrons. The Labute approximate surface area is 214 Å². The minimum absolute atomic E-state index is 0.00390. The number of nitrogens with zero attached hydrogens (tertiary/aromatic N) is 2. The number of amides is 1. The maximum Gasteiger partial charge on any atom is 0.416 e. The average molecular weight is 515 g/mol. The molecule has 0 saturated carbocycles. The van der Waals surface area contributed by atoms with E-state index in [-0.39, 0.29) is 35.7 Å². The quantitative estimate of drug-likeness (QED) is 0.340. The number of rotatable bonds is 8. The molecule has 3 aromatic rings. The lowest BCUT2D eigenvalue weighted by molar-refractivity contribution is -0.138. The zero-order valence-corrected chi connectivity index (χ0v) is 20.8. The second kappa shape index (κ2) is 11.3. The van der Waals surface area contributed by atoms with Crippen molar-refractivity contribution in [3.8, 4) is 5.75 Å². The van der Waals surface area contributed by atoms with Crippen molar-refractivity contribution < 1.29 is 27.1 Å². The Kier molecular flexibility index (Phi) is 8.17. The molecule has 1 amide bonds. The van der Waals surface area contributed by atoms with Crippen LogP contribution in [0.4, 0.5) is 17.6 Å². The van der Waals surface area contributed by atoms with Crippen LogP contribution in [0.2, 0.25) is 0 Å². The number of alkyl halides is 3. The van der Waals surface area contributed by atoms with Crippen LogP contribution in [0.5, 0.6) is 5.75 Å². The first-order valence-corrected chi connectivity index (χ1v) is 12.2. The second-order valence-corrected chi connectivity index (χ2v) is 9.51. The summed E-state index contributed by atoms with van der Waals surface area (Å²) in [6, 6.07) is 19.4. The molecule has 0 aromatic heterocycles. The first-order chi connectivity index (χ1) is 17.6. The molecule has 0 aliphatic carbocycles. The van der Waals surface area contributed by atoms with Crippen molar-refractivity contribution in [1.82, 2.24) is 9.80 Å². The summed E-state index contributed by atoms with van der Waals surface area (Å²) in [5.74, 6) is 0.271. The van der Waals surface area contributed by atoms with Crippen LogP contribution in [-0.4, -0.2) is 42.5 Å². The molecule has 1 heterocycles. The minimum atomic E-state index is -4.42. The zero-order chi connectivity index (χ0) is 26.6. The summed E-state index contributed by atoms with van der Waals surface area (Å²) in [6.07, 6.45) is -4.42. The van der Waals surface area contributed by atoms with Gasteiger partial charge >= 0.3 is 6.18 Å². The van der Waals surface area contributed by atoms with E-state index in [9.17, 15) is 22.4 Å². The number of ether oxygens (including phenoxy) is 1. The summed E-state index contributed by atoms with van der Waals surface area (Å²) in [5, 5.41) is 0. The smallest absolute Gasteiger partial charge is 0.416 e. The van der Waals surface area contributed by atoms with Gasteiger partial charge in [0.15, 0.2) is 0 Å². The first kappa shape index (κ1) is 26.7. The Balaban J connectivity index is 1.58. The van der Waals surface area contributed by atoms with Crippen molar-refractivity contribution in [1.29, 1.82) is 0 Å². The molecule has 1 aliphatic heterocycles. The van der Waals surface area contributed by atoms with Gasteiger partial charge < -0.3 is 9.64 Å². The van der Waals surface area contributed by atoms with Gasteiger partial charge in [-0.25, -0.2) is 4.39 Å². The van der Waals surface area contributed by atoms with Crippen molar-refractivity contribution in [3.05, 3.63) is 101 Å². The molecule has 0 bridgehead atoms. The molecule has 2 atom stereocenters. The third kappa shape index (κ3) is 6.68. The molecule has 3 aromatic carbocycles. The molecule has 0 unspecified atom stereocenters. The van der Waals surface area contributed by atoms with Gasteiger partial charge in [-0.3, -0.25) is 9.69 Å². The Morgan fingerprint density at radius 1 is 1.00 bits per heavy atom. The molecule has 0 spiro atoms. The van der Waals surface area contributed by atoms with E-state index in [1.807, 2.05) is 29.2 Å². The molecule has 8 heteroatoms. The molecule has 4 nitrogen and oxygen atoms in total. The summed E-state index contributed by atoms with van der Waals surface area (Å²) >= 11 is 0. The highest BCUT2D eigenvalue weighted by molar-refractivity contribution is 5.73. The number of carbonyl (C=O) groups excluding carboxylic acids is 1. The Hall–Kier alpha value is -3.39. The van der Waals surface area contributed by atoms with Gasteiger partial charge in [0.1, 0.15) is 11.6 Å². The van der Waals surface area contributed by atoms with Crippen LogP contribution in [0.15, 0.2) is 72.8 Å². The predicted octanol–water partition coefficient (Wildman–Crippen LogP) is 6.12. The zero-order valence-electron chi connectivity index (χ0n) is 20.8. The van der Waals surface area contributed by atoms with Gasteiger partial charge in [0.2, 0.25) is 5.91 Å². The number of likely N-dealkylation sites (tertiary alicyclic amines) is 1. The number of hydrogen-bond donors (Lipinski definition) is 0. The largest absolute Gasteiger partial charge is 0.497 e. The third-order valence-electron chi connectivity index (χ3n) is 6.96. The van der Waals surface area contributed by atoms with Gasteiger partial charge in [-0.15, -0.1) is 0 Å². The first-order valence-electron chi connectivity index (χ1n) is 12.2. The molecule has 1 saturated heterocycles. The van der Waals surface area contributed by atoms with Crippen LogP contribution in [0.3, 0.4) is 0 Å². The molecule has 0 N–H and O–H groups in total. The Morgan fingerprint density at radius 3 is 2.30 bits per heavy atom. The van der Waals surface area contributed by atoms with Crippen molar-refractivity contribution >= 4 is 5.91 Å². The highest BCUT2D eigenvalue weighted by Crippen LogP contribution is 2.37. The van der Waals surface area contributed by atoms with Crippen LogP contribution < -0.4 is 4.74 Å². The molecule has 1 aliphatic rings. The second-order valence-electron chi connectivity index (χ2n) is 9.51. The molecule has 196 valence electrons. The van der Waals surface area contributed by atoms with Gasteiger partial charge in [-0.2, -0.15) is 13.2 Å². The fourth-order valence-electron chi connectivity index (χ4n) is 5.08. The lowest BCUT2D eigenvalue weighted by Gasteiger charge is -2.28. The third-order valence-corrected chi connectivity index (χ3v) is 6.96. The predicted molar refractivity (Wildman–Crippen MR) is 133 cm³/mol. The maximum absolute atomic E-state index is 13.6. The average Bonchev–Trinajstić information content (AvgIpc) is 3.26. The summed E-state index contributed by atoms with van der Waals surface area (Å²) in [6.45, 7) is 3.52. The van der Waals surface area contributed by atoms with Gasteiger partial charge in [0.05, 0.1) is 12.7 Å². The number of carbonyl (C=O) groups is 1. The number of halogens is 4. The van der Waals surface area contributed by atoms with Gasteiger partial charge in [-0.05, 0) is 52.9 Å². The molecule has 37 heavy (non-hydrogen) atoms. The maximum atomic E-state index is 13.6. The van der Waals surface area contributed by atoms with Gasteiger partial charge in [0, 0.05) is 45.6 Å². The SMILES string of the molecule is COc1ccc([C@@H]2CN(Cc3ccccc3C(F)(F)F)C[C@H]2CN(Cc2ccc(F)cc2)C(C)=O)cc1. The fraction of sp³-hybridized carbons (Fsp3) is 0.345. The monoisotopic (exact) mass is 514 g/mol. The van der Waals surface area contributed by atoms with Gasteiger partial charge in [-0.1, -0.05) is 42.5 Å². The lowest BCUT2D eigenvalue weighted by Crippen LogP contribution is -2.35. The van der Waals surface area contributed by atoms with Crippen LogP contribution in [-0.2, 0) is 24.1 Å². The number of benzene rings is 3. The Morgan fingerprint density at radius 2 is 1.68 bits per heavy atom.